The van der Waals surface area contributed by atoms with Gasteiger partial charge in [-0.2, -0.15) is 0 Å². The van der Waals surface area contributed by atoms with E-state index >= 15 is 0 Å². The van der Waals surface area contributed by atoms with Crippen molar-refractivity contribution in [3.8, 4) is 0 Å². The van der Waals surface area contributed by atoms with Crippen LogP contribution in [0.25, 0.3) is 0 Å². The van der Waals surface area contributed by atoms with E-state index in [9.17, 15) is 9.90 Å². The van der Waals surface area contributed by atoms with Crippen LogP contribution in [-0.4, -0.2) is 22.8 Å². The molecule has 3 nitrogen and oxygen atoms in total. The molecule has 0 heterocycles. The maximum Gasteiger partial charge on any atom is 0.310 e. The molecule has 1 N–H and O–H groups in total. The maximum absolute atomic E-state index is 12.8. The smallest absolute Gasteiger partial charge is 0.310 e. The Morgan fingerprint density at radius 3 is 2.65 bits per heavy atom. The monoisotopic (exact) mass is 318 g/mol. The van der Waals surface area contributed by atoms with E-state index in [1.54, 1.807) is 0 Å². The van der Waals surface area contributed by atoms with Crippen LogP contribution in [0.1, 0.15) is 64.7 Å². The number of carbonyl (C=O) groups is 1. The van der Waals surface area contributed by atoms with Gasteiger partial charge in [-0.05, 0) is 43.9 Å². The number of aliphatic hydroxyl groups excluding tert-OH is 1. The molecule has 3 saturated carbocycles. The van der Waals surface area contributed by atoms with Crippen LogP contribution >= 0.6 is 0 Å². The average Bonchev–Trinajstić information content (AvgIpc) is 3.10. The summed E-state index contributed by atoms with van der Waals surface area (Å²) in [5.41, 5.74) is -0.230. The second kappa shape index (κ2) is 5.91. The molecule has 0 spiro atoms. The first-order chi connectivity index (χ1) is 11.1. The summed E-state index contributed by atoms with van der Waals surface area (Å²) in [6, 6.07) is 0. The molecule has 7 atom stereocenters. The van der Waals surface area contributed by atoms with Gasteiger partial charge >= 0.3 is 5.97 Å². The van der Waals surface area contributed by atoms with E-state index in [-0.39, 0.29) is 35.4 Å². The van der Waals surface area contributed by atoms with Gasteiger partial charge in [0.1, 0.15) is 5.60 Å². The van der Waals surface area contributed by atoms with Crippen LogP contribution in [0.4, 0.5) is 0 Å². The largest absolute Gasteiger partial charge is 0.459 e. The molecule has 4 aliphatic carbocycles. The molecule has 3 heteroatoms. The Labute approximate surface area is 139 Å². The van der Waals surface area contributed by atoms with Gasteiger partial charge in [-0.1, -0.05) is 44.8 Å². The Morgan fingerprint density at radius 2 is 2.00 bits per heavy atom. The standard InChI is InChI=1S/C20H30O3/c1-2-20(10-9-13-5-3-4-6-15(13)12-20)23-19(22)17-11-14-7-8-16(17)18(14)21/h7-8,13-18,21H,2-6,9-12H2,1H3. The molecule has 23 heavy (non-hydrogen) atoms. The second-order valence-electron chi connectivity index (χ2n) is 8.46. The topological polar surface area (TPSA) is 46.5 Å². The fraction of sp³-hybridized carbons (Fsp3) is 0.850. The zero-order chi connectivity index (χ0) is 16.0. The molecule has 0 radical (unpaired) electrons. The first-order valence-corrected chi connectivity index (χ1v) is 9.71. The van der Waals surface area contributed by atoms with Gasteiger partial charge in [-0.3, -0.25) is 4.79 Å². The van der Waals surface area contributed by atoms with Crippen molar-refractivity contribution >= 4 is 5.97 Å². The highest BCUT2D eigenvalue weighted by atomic mass is 16.6. The van der Waals surface area contributed by atoms with Crippen LogP contribution in [0.3, 0.4) is 0 Å². The molecule has 0 saturated heterocycles. The van der Waals surface area contributed by atoms with Crippen molar-refractivity contribution in [3.63, 3.8) is 0 Å². The lowest BCUT2D eigenvalue weighted by atomic mass is 9.65. The molecule has 0 aliphatic heterocycles. The summed E-state index contributed by atoms with van der Waals surface area (Å²) in [5, 5.41) is 10.2. The molecule has 7 unspecified atom stereocenters. The number of aliphatic hydroxyl groups is 1. The normalized spacial score (nSPS) is 48.3. The van der Waals surface area contributed by atoms with Crippen molar-refractivity contribution in [1.29, 1.82) is 0 Å². The fourth-order valence-electron chi connectivity index (χ4n) is 5.81. The molecule has 4 aliphatic rings. The number of rotatable bonds is 3. The van der Waals surface area contributed by atoms with Gasteiger partial charge in [0.2, 0.25) is 0 Å². The molecular formula is C20H30O3. The molecule has 0 aromatic rings. The van der Waals surface area contributed by atoms with Crippen LogP contribution in [0.5, 0.6) is 0 Å². The Kier molecular flexibility index (Phi) is 4.03. The van der Waals surface area contributed by atoms with E-state index in [4.69, 9.17) is 4.74 Å². The van der Waals surface area contributed by atoms with E-state index in [1.807, 2.05) is 6.08 Å². The van der Waals surface area contributed by atoms with Crippen molar-refractivity contribution in [3.05, 3.63) is 12.2 Å². The van der Waals surface area contributed by atoms with Crippen LogP contribution < -0.4 is 0 Å². The molecule has 2 bridgehead atoms. The minimum absolute atomic E-state index is 0.00701. The number of esters is 1. The summed E-state index contributed by atoms with van der Waals surface area (Å²) in [7, 11) is 0. The van der Waals surface area contributed by atoms with Crippen LogP contribution in [0, 0.1) is 29.6 Å². The summed E-state index contributed by atoms with van der Waals surface area (Å²) < 4.78 is 6.18. The van der Waals surface area contributed by atoms with E-state index in [2.05, 4.69) is 13.0 Å². The lowest BCUT2D eigenvalue weighted by molar-refractivity contribution is -0.175. The Hall–Kier alpha value is -0.830. The van der Waals surface area contributed by atoms with Gasteiger partial charge in [-0.15, -0.1) is 0 Å². The minimum atomic E-state index is -0.362. The van der Waals surface area contributed by atoms with Crippen molar-refractivity contribution in [2.75, 3.05) is 0 Å². The highest BCUT2D eigenvalue weighted by molar-refractivity contribution is 5.75. The molecule has 3 fully saturated rings. The summed E-state index contributed by atoms with van der Waals surface area (Å²) in [4.78, 5) is 12.8. The van der Waals surface area contributed by atoms with Gasteiger partial charge in [0.25, 0.3) is 0 Å². The lowest BCUT2D eigenvalue weighted by Crippen LogP contribution is -2.45. The Morgan fingerprint density at radius 1 is 1.22 bits per heavy atom. The van der Waals surface area contributed by atoms with Crippen molar-refractivity contribution in [1.82, 2.24) is 0 Å². The van der Waals surface area contributed by atoms with E-state index in [0.717, 1.165) is 37.5 Å². The lowest BCUT2D eigenvalue weighted by Gasteiger charge is -2.46. The number of carbonyl (C=O) groups excluding carboxylic acids is 1. The molecule has 0 amide bonds. The number of ether oxygens (including phenoxy) is 1. The highest BCUT2D eigenvalue weighted by Gasteiger charge is 2.50. The molecule has 0 aromatic heterocycles. The molecule has 128 valence electrons. The maximum atomic E-state index is 12.8. The van der Waals surface area contributed by atoms with Crippen LogP contribution in [0.2, 0.25) is 0 Å². The molecule has 4 rings (SSSR count). The predicted octanol–water partition coefficient (Wildman–Crippen LogP) is 3.85. The van der Waals surface area contributed by atoms with Gasteiger partial charge in [0.15, 0.2) is 0 Å². The zero-order valence-corrected chi connectivity index (χ0v) is 14.2. The first kappa shape index (κ1) is 15.7. The quantitative estimate of drug-likeness (QED) is 0.635. The minimum Gasteiger partial charge on any atom is -0.459 e. The summed E-state index contributed by atoms with van der Waals surface area (Å²) in [6.45, 7) is 2.17. The number of hydrogen-bond donors (Lipinski definition) is 1. The van der Waals surface area contributed by atoms with E-state index in [1.165, 1.54) is 32.1 Å². The van der Waals surface area contributed by atoms with E-state index in [0.29, 0.717) is 0 Å². The third-order valence-corrected chi connectivity index (χ3v) is 7.34. The first-order valence-electron chi connectivity index (χ1n) is 9.71. The third-order valence-electron chi connectivity index (χ3n) is 7.34. The van der Waals surface area contributed by atoms with Crippen LogP contribution in [-0.2, 0) is 9.53 Å². The third kappa shape index (κ3) is 2.65. The van der Waals surface area contributed by atoms with Gasteiger partial charge in [0.05, 0.1) is 12.0 Å². The number of hydrogen-bond acceptors (Lipinski definition) is 3. The summed E-state index contributed by atoms with van der Waals surface area (Å²) in [6.07, 6.45) is 14.2. The molecule has 0 aromatic carbocycles. The average molecular weight is 318 g/mol. The van der Waals surface area contributed by atoms with Crippen molar-refractivity contribution < 1.29 is 14.6 Å². The van der Waals surface area contributed by atoms with Crippen LogP contribution in [0.15, 0.2) is 12.2 Å². The van der Waals surface area contributed by atoms with Crippen molar-refractivity contribution in [2.45, 2.75) is 76.4 Å². The SMILES string of the molecule is CCC1(OC(=O)C2CC3C=CC2C3O)CCC2CCCCC2C1. The van der Waals surface area contributed by atoms with E-state index < -0.39 is 0 Å². The Bertz CT molecular complexity index is 499. The summed E-state index contributed by atoms with van der Waals surface area (Å²) >= 11 is 0. The number of fused-ring (bicyclic) bond motifs is 3. The van der Waals surface area contributed by atoms with Gasteiger partial charge in [0, 0.05) is 11.8 Å². The summed E-state index contributed by atoms with van der Waals surface area (Å²) in [5.74, 6) is 1.63. The highest BCUT2D eigenvalue weighted by Crippen LogP contribution is 2.49. The van der Waals surface area contributed by atoms with Crippen molar-refractivity contribution in [2.24, 2.45) is 29.6 Å². The fourth-order valence-corrected chi connectivity index (χ4v) is 5.81. The Balaban J connectivity index is 1.44. The van der Waals surface area contributed by atoms with Gasteiger partial charge in [-0.25, -0.2) is 0 Å². The molecular weight excluding hydrogens is 288 g/mol. The second-order valence-corrected chi connectivity index (χ2v) is 8.46. The predicted molar refractivity (Wildman–Crippen MR) is 88.6 cm³/mol. The zero-order valence-electron chi connectivity index (χ0n) is 14.2. The van der Waals surface area contributed by atoms with Gasteiger partial charge < -0.3 is 9.84 Å².